The van der Waals surface area contributed by atoms with Gasteiger partial charge in [0.25, 0.3) is 0 Å². The maximum absolute atomic E-state index is 13.9. The molecule has 0 saturated heterocycles. The Morgan fingerprint density at radius 1 is 1.12 bits per heavy atom. The second-order valence-electron chi connectivity index (χ2n) is 5.73. The molecular formula is C18H20FNO5S. The van der Waals surface area contributed by atoms with E-state index in [9.17, 15) is 17.6 Å². The van der Waals surface area contributed by atoms with Crippen LogP contribution in [0.5, 0.6) is 5.75 Å². The first-order valence-electron chi connectivity index (χ1n) is 7.80. The molecule has 0 N–H and O–H groups in total. The summed E-state index contributed by atoms with van der Waals surface area (Å²) in [6.45, 7) is 1.91. The Kier molecular flexibility index (Phi) is 6.33. The van der Waals surface area contributed by atoms with Gasteiger partial charge in [0.05, 0.1) is 10.5 Å². The molecule has 0 unspecified atom stereocenters. The topological polar surface area (TPSA) is 72.9 Å². The number of ether oxygens (including phenoxy) is 2. The second-order valence-corrected chi connectivity index (χ2v) is 7.88. The minimum Gasteiger partial charge on any atom is -0.490 e. The zero-order chi connectivity index (χ0) is 19.3. The van der Waals surface area contributed by atoms with Gasteiger partial charge in [-0.05, 0) is 42.8 Å². The van der Waals surface area contributed by atoms with Crippen LogP contribution in [-0.2, 0) is 14.8 Å². The van der Waals surface area contributed by atoms with Gasteiger partial charge in [-0.3, -0.25) is 0 Å². The number of carbonyl (C=O) groups excluding carboxylic acids is 1. The van der Waals surface area contributed by atoms with Crippen LogP contribution in [0.1, 0.15) is 15.9 Å². The largest absolute Gasteiger partial charge is 0.490 e. The fourth-order valence-corrected chi connectivity index (χ4v) is 3.04. The summed E-state index contributed by atoms with van der Waals surface area (Å²) in [5.74, 6) is -1.18. The van der Waals surface area contributed by atoms with E-state index in [4.69, 9.17) is 9.47 Å². The Balaban J connectivity index is 2.01. The molecule has 0 fully saturated rings. The van der Waals surface area contributed by atoms with Gasteiger partial charge in [0.1, 0.15) is 24.8 Å². The monoisotopic (exact) mass is 381 g/mol. The number of hydrogen-bond donors (Lipinski definition) is 0. The van der Waals surface area contributed by atoms with Gasteiger partial charge in [0, 0.05) is 14.1 Å². The molecule has 2 aromatic rings. The predicted molar refractivity (Wildman–Crippen MR) is 94.2 cm³/mol. The highest BCUT2D eigenvalue weighted by atomic mass is 32.2. The number of carbonyl (C=O) groups is 1. The highest BCUT2D eigenvalue weighted by molar-refractivity contribution is 7.89. The Bertz CT molecular complexity index is 896. The molecule has 140 valence electrons. The zero-order valence-corrected chi connectivity index (χ0v) is 15.5. The van der Waals surface area contributed by atoms with E-state index in [0.29, 0.717) is 5.75 Å². The van der Waals surface area contributed by atoms with E-state index in [-0.39, 0.29) is 18.1 Å². The van der Waals surface area contributed by atoms with Gasteiger partial charge in [-0.25, -0.2) is 21.9 Å². The fourth-order valence-electron chi connectivity index (χ4n) is 2.11. The van der Waals surface area contributed by atoms with Crippen molar-refractivity contribution in [3.8, 4) is 5.75 Å². The Hall–Kier alpha value is -2.45. The van der Waals surface area contributed by atoms with Crippen molar-refractivity contribution in [2.75, 3.05) is 27.3 Å². The Labute approximate surface area is 152 Å². The summed E-state index contributed by atoms with van der Waals surface area (Å²) in [7, 11) is -1.09. The molecule has 0 aromatic heterocycles. The van der Waals surface area contributed by atoms with Gasteiger partial charge in [-0.1, -0.05) is 12.1 Å². The van der Waals surface area contributed by atoms with Gasteiger partial charge < -0.3 is 9.47 Å². The number of nitrogens with zero attached hydrogens (tertiary/aromatic N) is 1. The normalized spacial score (nSPS) is 11.4. The molecule has 2 aromatic carbocycles. The molecule has 8 heteroatoms. The molecule has 26 heavy (non-hydrogen) atoms. The lowest BCUT2D eigenvalue weighted by Crippen LogP contribution is -2.23. The van der Waals surface area contributed by atoms with Crippen LogP contribution in [-0.4, -0.2) is 46.0 Å². The Morgan fingerprint density at radius 2 is 1.85 bits per heavy atom. The van der Waals surface area contributed by atoms with Crippen LogP contribution in [0.2, 0.25) is 0 Å². The van der Waals surface area contributed by atoms with E-state index < -0.39 is 27.4 Å². The van der Waals surface area contributed by atoms with Gasteiger partial charge in [-0.2, -0.15) is 0 Å². The number of hydrogen-bond acceptors (Lipinski definition) is 5. The number of halogens is 1. The summed E-state index contributed by atoms with van der Waals surface area (Å²) < 4.78 is 49.5. The molecule has 0 atom stereocenters. The van der Waals surface area contributed by atoms with Crippen LogP contribution in [0.25, 0.3) is 0 Å². The predicted octanol–water partition coefficient (Wildman–Crippen LogP) is 2.62. The molecule has 0 aliphatic carbocycles. The van der Waals surface area contributed by atoms with Gasteiger partial charge in [0.2, 0.25) is 10.0 Å². The van der Waals surface area contributed by atoms with Crippen molar-refractivity contribution in [2.45, 2.75) is 11.8 Å². The van der Waals surface area contributed by atoms with Crippen molar-refractivity contribution in [3.63, 3.8) is 0 Å². The lowest BCUT2D eigenvalue weighted by atomic mass is 10.2. The lowest BCUT2D eigenvalue weighted by Gasteiger charge is -2.13. The minimum atomic E-state index is -3.78. The summed E-state index contributed by atoms with van der Waals surface area (Å²) in [6, 6.07) is 10.3. The lowest BCUT2D eigenvalue weighted by molar-refractivity contribution is 0.0445. The summed E-state index contributed by atoms with van der Waals surface area (Å²) in [4.78, 5) is 11.9. The number of aryl methyl sites for hydroxylation is 1. The van der Waals surface area contributed by atoms with E-state index in [2.05, 4.69) is 0 Å². The molecule has 0 aliphatic heterocycles. The molecular weight excluding hydrogens is 361 g/mol. The van der Waals surface area contributed by atoms with E-state index >= 15 is 0 Å². The zero-order valence-electron chi connectivity index (χ0n) is 14.7. The molecule has 0 heterocycles. The van der Waals surface area contributed by atoms with Crippen LogP contribution in [0, 0.1) is 12.7 Å². The third-order valence-electron chi connectivity index (χ3n) is 3.51. The summed E-state index contributed by atoms with van der Waals surface area (Å²) in [6.07, 6.45) is 0. The average Bonchev–Trinajstić information content (AvgIpc) is 2.58. The Morgan fingerprint density at radius 3 is 2.50 bits per heavy atom. The van der Waals surface area contributed by atoms with Gasteiger partial charge >= 0.3 is 5.97 Å². The molecule has 0 saturated carbocycles. The van der Waals surface area contributed by atoms with Crippen LogP contribution >= 0.6 is 0 Å². The van der Waals surface area contributed by atoms with Crippen LogP contribution in [0.4, 0.5) is 4.39 Å². The van der Waals surface area contributed by atoms with Gasteiger partial charge in [0.15, 0.2) is 0 Å². The first-order chi connectivity index (χ1) is 12.2. The fraction of sp³-hybridized carbons (Fsp3) is 0.278. The molecule has 0 spiro atoms. The smallest absolute Gasteiger partial charge is 0.341 e. The second kappa shape index (κ2) is 8.29. The van der Waals surface area contributed by atoms with E-state index in [0.717, 1.165) is 28.1 Å². The molecule has 0 aliphatic rings. The van der Waals surface area contributed by atoms with Crippen molar-refractivity contribution in [1.82, 2.24) is 4.31 Å². The number of sulfonamides is 1. The average molecular weight is 381 g/mol. The van der Waals surface area contributed by atoms with E-state index in [1.54, 1.807) is 6.07 Å². The van der Waals surface area contributed by atoms with Crippen LogP contribution < -0.4 is 4.74 Å². The molecule has 6 nitrogen and oxygen atoms in total. The maximum atomic E-state index is 13.9. The van der Waals surface area contributed by atoms with Gasteiger partial charge in [-0.15, -0.1) is 0 Å². The minimum absolute atomic E-state index is 0.0898. The van der Waals surface area contributed by atoms with Crippen molar-refractivity contribution in [3.05, 3.63) is 59.4 Å². The van der Waals surface area contributed by atoms with E-state index in [1.807, 2.05) is 25.1 Å². The third kappa shape index (κ3) is 4.80. The number of esters is 1. The number of rotatable bonds is 7. The van der Waals surface area contributed by atoms with Crippen molar-refractivity contribution >= 4 is 16.0 Å². The highest BCUT2D eigenvalue weighted by Crippen LogP contribution is 2.18. The standard InChI is InChI=1S/C18H20FNO5S/c1-13-5-4-6-14(11-13)24-9-10-25-18(21)16-12-15(7-8-17(16)19)26(22,23)20(2)3/h4-8,11-12H,9-10H2,1-3H3. The third-order valence-corrected chi connectivity index (χ3v) is 5.32. The molecule has 0 amide bonds. The summed E-state index contributed by atoms with van der Waals surface area (Å²) in [5.41, 5.74) is 0.587. The molecule has 2 rings (SSSR count). The maximum Gasteiger partial charge on any atom is 0.341 e. The molecule has 0 radical (unpaired) electrons. The van der Waals surface area contributed by atoms with Crippen LogP contribution in [0.3, 0.4) is 0 Å². The van der Waals surface area contributed by atoms with Crippen LogP contribution in [0.15, 0.2) is 47.4 Å². The highest BCUT2D eigenvalue weighted by Gasteiger charge is 2.22. The first kappa shape index (κ1) is 19.9. The molecule has 0 bridgehead atoms. The quantitative estimate of drug-likeness (QED) is 0.545. The van der Waals surface area contributed by atoms with Crippen molar-refractivity contribution in [1.29, 1.82) is 0 Å². The number of benzene rings is 2. The van der Waals surface area contributed by atoms with Crippen molar-refractivity contribution < 1.29 is 27.1 Å². The van der Waals surface area contributed by atoms with Crippen molar-refractivity contribution in [2.24, 2.45) is 0 Å². The summed E-state index contributed by atoms with van der Waals surface area (Å²) in [5, 5.41) is 0. The first-order valence-corrected chi connectivity index (χ1v) is 9.24. The summed E-state index contributed by atoms with van der Waals surface area (Å²) >= 11 is 0. The SMILES string of the molecule is Cc1cccc(OCCOC(=O)c2cc(S(=O)(=O)N(C)C)ccc2F)c1. The van der Waals surface area contributed by atoms with E-state index in [1.165, 1.54) is 14.1 Å².